The maximum Gasteiger partial charge on any atom is 1.00 e. The summed E-state index contributed by atoms with van der Waals surface area (Å²) in [5.74, 6) is -1.05. The van der Waals surface area contributed by atoms with Gasteiger partial charge < -0.3 is 20.7 Å². The molecule has 138 valence electrons. The molecule has 3 N–H and O–H groups in total. The van der Waals surface area contributed by atoms with Crippen molar-refractivity contribution in [2.45, 2.75) is 32.2 Å². The number of phenolic OH excluding ortho intramolecular Hbond substituents is 1. The van der Waals surface area contributed by atoms with E-state index in [-0.39, 0.29) is 75.2 Å². The van der Waals surface area contributed by atoms with E-state index in [1.165, 1.54) is 10.5 Å². The topological polar surface area (TPSA) is 108 Å². The number of nitrogens with zero attached hydrogens (tertiary/aromatic N) is 1. The SMILES string of the molecule is Cc1c(-c2ccc(O)c(CN)c2)ccn2c(=O)c(C(=O)[O-])cc(C3CC3)c12.[K+]. The number of benzene rings is 1. The van der Waals surface area contributed by atoms with Crippen molar-refractivity contribution in [2.24, 2.45) is 5.73 Å². The Morgan fingerprint density at radius 3 is 2.61 bits per heavy atom. The summed E-state index contributed by atoms with van der Waals surface area (Å²) in [5, 5.41) is 21.3. The van der Waals surface area contributed by atoms with Gasteiger partial charge in [0, 0.05) is 18.3 Å². The van der Waals surface area contributed by atoms with Crippen LogP contribution >= 0.6 is 0 Å². The number of carboxylic acids is 1. The zero-order valence-corrected chi connectivity index (χ0v) is 19.0. The second kappa shape index (κ2) is 8.10. The van der Waals surface area contributed by atoms with Gasteiger partial charge >= 0.3 is 51.4 Å². The van der Waals surface area contributed by atoms with E-state index in [9.17, 15) is 19.8 Å². The largest absolute Gasteiger partial charge is 1.00 e. The Bertz CT molecular complexity index is 1150. The zero-order chi connectivity index (χ0) is 19.3. The number of aromatic hydroxyl groups is 1. The molecule has 0 bridgehead atoms. The fourth-order valence-electron chi connectivity index (χ4n) is 3.68. The van der Waals surface area contributed by atoms with Gasteiger partial charge in [-0.3, -0.25) is 9.20 Å². The summed E-state index contributed by atoms with van der Waals surface area (Å²) in [6.45, 7) is 2.14. The van der Waals surface area contributed by atoms with Crippen molar-refractivity contribution in [3.05, 3.63) is 69.1 Å². The number of fused-ring (bicyclic) bond motifs is 1. The van der Waals surface area contributed by atoms with E-state index in [1.807, 2.05) is 13.0 Å². The summed E-state index contributed by atoms with van der Waals surface area (Å²) in [7, 11) is 0. The number of carboxylic acid groups (broad SMARTS) is 1. The molecule has 2 aromatic heterocycles. The standard InChI is InChI=1S/C21H20N2O4.K/c1-11-15(13-4-5-18(24)14(8-13)10-22)6-7-23-19(11)16(12-2-3-12)9-17(20(23)25)21(26)27;/h4-9,12,24H,2-3,10,22H2,1H3,(H,26,27);/q;+1/p-1. The van der Waals surface area contributed by atoms with Crippen LogP contribution in [0.2, 0.25) is 0 Å². The summed E-state index contributed by atoms with van der Waals surface area (Å²) in [6.07, 6.45) is 3.55. The van der Waals surface area contributed by atoms with E-state index < -0.39 is 11.5 Å². The van der Waals surface area contributed by atoms with Gasteiger partial charge in [0.2, 0.25) is 0 Å². The molecule has 6 nitrogen and oxygen atoms in total. The number of aromatic nitrogens is 1. The number of aryl methyl sites for hydroxylation is 1. The van der Waals surface area contributed by atoms with Gasteiger partial charge in [0.25, 0.3) is 5.56 Å². The van der Waals surface area contributed by atoms with Gasteiger partial charge in [0.05, 0.1) is 17.0 Å². The van der Waals surface area contributed by atoms with Crippen molar-refractivity contribution in [1.82, 2.24) is 4.40 Å². The molecule has 0 atom stereocenters. The Hall–Kier alpha value is -1.48. The average molecular weight is 402 g/mol. The molecule has 0 amide bonds. The molecule has 1 saturated carbocycles. The maximum absolute atomic E-state index is 12.6. The van der Waals surface area contributed by atoms with Crippen molar-refractivity contribution in [2.75, 3.05) is 0 Å². The first-order valence-corrected chi connectivity index (χ1v) is 8.85. The third kappa shape index (κ3) is 3.58. The summed E-state index contributed by atoms with van der Waals surface area (Å²) >= 11 is 0. The fourth-order valence-corrected chi connectivity index (χ4v) is 3.68. The van der Waals surface area contributed by atoms with E-state index in [4.69, 9.17) is 5.73 Å². The van der Waals surface area contributed by atoms with Gasteiger partial charge in [-0.15, -0.1) is 0 Å². The minimum absolute atomic E-state index is 0. The number of pyridine rings is 2. The van der Waals surface area contributed by atoms with Gasteiger partial charge in [0.15, 0.2) is 0 Å². The van der Waals surface area contributed by atoms with Crippen LogP contribution in [0.25, 0.3) is 16.6 Å². The quantitative estimate of drug-likeness (QED) is 0.527. The molecule has 3 aromatic rings. The number of aromatic carboxylic acids is 1. The number of rotatable bonds is 4. The molecule has 0 unspecified atom stereocenters. The van der Waals surface area contributed by atoms with Crippen LogP contribution in [0.3, 0.4) is 0 Å². The Kier molecular flexibility index (Phi) is 6.14. The summed E-state index contributed by atoms with van der Waals surface area (Å²) in [6, 6.07) is 8.50. The molecule has 2 heterocycles. The van der Waals surface area contributed by atoms with E-state index >= 15 is 0 Å². The number of carbonyl (C=O) groups is 1. The molecule has 1 aromatic carbocycles. The van der Waals surface area contributed by atoms with Crippen LogP contribution in [0.5, 0.6) is 5.75 Å². The fraction of sp³-hybridized carbons (Fsp3) is 0.238. The van der Waals surface area contributed by atoms with Gasteiger partial charge in [-0.05, 0) is 72.2 Å². The Labute approximate surface area is 204 Å². The van der Waals surface area contributed by atoms with E-state index in [1.54, 1.807) is 24.4 Å². The first-order valence-electron chi connectivity index (χ1n) is 8.85. The zero-order valence-electron chi connectivity index (χ0n) is 15.9. The number of carbonyl (C=O) groups excluding carboxylic acids is 1. The number of hydrogen-bond acceptors (Lipinski definition) is 5. The smallest absolute Gasteiger partial charge is 0.545 e. The number of nitrogens with two attached hydrogens (primary N) is 1. The second-order valence-corrected chi connectivity index (χ2v) is 7.00. The molecule has 1 aliphatic rings. The molecule has 28 heavy (non-hydrogen) atoms. The van der Waals surface area contributed by atoms with Crippen LogP contribution in [0.15, 0.2) is 41.3 Å². The van der Waals surface area contributed by atoms with Gasteiger partial charge in [-0.25, -0.2) is 0 Å². The molecule has 7 heteroatoms. The second-order valence-electron chi connectivity index (χ2n) is 7.00. The molecular formula is C21H19KN2O4. The molecule has 0 aliphatic heterocycles. The van der Waals surface area contributed by atoms with Crippen LogP contribution in [0.1, 0.15) is 45.8 Å². The van der Waals surface area contributed by atoms with Gasteiger partial charge in [-0.2, -0.15) is 0 Å². The predicted octanol–water partition coefficient (Wildman–Crippen LogP) is -1.32. The predicted molar refractivity (Wildman–Crippen MR) is 99.7 cm³/mol. The van der Waals surface area contributed by atoms with Crippen molar-refractivity contribution < 1.29 is 66.4 Å². The molecular weight excluding hydrogens is 383 g/mol. The van der Waals surface area contributed by atoms with Crippen molar-refractivity contribution in [1.29, 1.82) is 0 Å². The molecule has 0 saturated heterocycles. The third-order valence-corrected chi connectivity index (χ3v) is 5.26. The van der Waals surface area contributed by atoms with Gasteiger partial charge in [-0.1, -0.05) is 6.07 Å². The van der Waals surface area contributed by atoms with Crippen molar-refractivity contribution >= 4 is 11.5 Å². The van der Waals surface area contributed by atoms with Crippen LogP contribution in [0, 0.1) is 6.92 Å². The van der Waals surface area contributed by atoms with Crippen LogP contribution in [-0.2, 0) is 6.54 Å². The normalized spacial score (nSPS) is 13.4. The maximum atomic E-state index is 12.6. The summed E-state index contributed by atoms with van der Waals surface area (Å²) in [4.78, 5) is 24.0. The number of phenols is 1. The number of hydrogen-bond donors (Lipinski definition) is 2. The average Bonchev–Trinajstić information content (AvgIpc) is 3.48. The monoisotopic (exact) mass is 402 g/mol. The van der Waals surface area contributed by atoms with Crippen LogP contribution < -0.4 is 67.8 Å². The first-order chi connectivity index (χ1) is 12.9. The van der Waals surface area contributed by atoms with Gasteiger partial charge in [0.1, 0.15) is 5.75 Å². The molecule has 4 rings (SSSR count). The van der Waals surface area contributed by atoms with Crippen molar-refractivity contribution in [3.63, 3.8) is 0 Å². The minimum atomic E-state index is -1.45. The first kappa shape index (κ1) is 21.2. The Morgan fingerprint density at radius 1 is 1.29 bits per heavy atom. The van der Waals surface area contributed by atoms with Crippen molar-refractivity contribution in [3.8, 4) is 16.9 Å². The van der Waals surface area contributed by atoms with Crippen LogP contribution in [-0.4, -0.2) is 15.5 Å². The van der Waals surface area contributed by atoms with E-state index in [0.29, 0.717) is 5.56 Å². The molecule has 0 radical (unpaired) electrons. The third-order valence-electron chi connectivity index (χ3n) is 5.26. The molecule has 1 fully saturated rings. The Morgan fingerprint density at radius 2 is 2.00 bits per heavy atom. The Balaban J connectivity index is 0.00000225. The molecule has 0 spiro atoms. The minimum Gasteiger partial charge on any atom is -0.545 e. The molecule has 1 aliphatic carbocycles. The van der Waals surface area contributed by atoms with Crippen LogP contribution in [0.4, 0.5) is 0 Å². The summed E-state index contributed by atoms with van der Waals surface area (Å²) in [5.41, 5.74) is 9.72. The van der Waals surface area contributed by atoms with E-state index in [0.717, 1.165) is 40.6 Å². The van der Waals surface area contributed by atoms with E-state index in [2.05, 4.69) is 0 Å². The summed E-state index contributed by atoms with van der Waals surface area (Å²) < 4.78 is 1.40.